The average Bonchev–Trinajstić information content (AvgIpc) is 2.56. The lowest BCUT2D eigenvalue weighted by Gasteiger charge is -2.26. The van der Waals surface area contributed by atoms with E-state index in [-0.39, 0.29) is 17.3 Å². The SMILES string of the molecule is CCOC(=O)Nc1ccc(OC)c(S(=O)(=O)N2CCCCC2)c1. The third-order valence-corrected chi connectivity index (χ3v) is 5.54. The zero-order valence-electron chi connectivity index (χ0n) is 13.4. The molecule has 0 bridgehead atoms. The summed E-state index contributed by atoms with van der Waals surface area (Å²) >= 11 is 0. The molecule has 0 radical (unpaired) electrons. The first-order chi connectivity index (χ1) is 11.0. The summed E-state index contributed by atoms with van der Waals surface area (Å²) in [7, 11) is -2.24. The van der Waals surface area contributed by atoms with Crippen LogP contribution in [0.2, 0.25) is 0 Å². The van der Waals surface area contributed by atoms with Crippen LogP contribution in [-0.2, 0) is 14.8 Å². The molecule has 1 fully saturated rings. The monoisotopic (exact) mass is 342 g/mol. The normalized spacial score (nSPS) is 15.9. The van der Waals surface area contributed by atoms with Gasteiger partial charge in [-0.05, 0) is 38.0 Å². The number of amides is 1. The minimum absolute atomic E-state index is 0.0520. The van der Waals surface area contributed by atoms with Crippen LogP contribution in [0.15, 0.2) is 23.1 Å². The Balaban J connectivity index is 2.33. The van der Waals surface area contributed by atoms with Crippen molar-refractivity contribution in [3.8, 4) is 5.75 Å². The second kappa shape index (κ2) is 7.65. The highest BCUT2D eigenvalue weighted by molar-refractivity contribution is 7.89. The molecule has 1 saturated heterocycles. The van der Waals surface area contributed by atoms with Crippen molar-refractivity contribution >= 4 is 21.8 Å². The second-order valence-corrected chi connectivity index (χ2v) is 7.08. The van der Waals surface area contributed by atoms with Crippen LogP contribution in [0.25, 0.3) is 0 Å². The number of carbonyl (C=O) groups is 1. The van der Waals surface area contributed by atoms with E-state index in [1.807, 2.05) is 0 Å². The van der Waals surface area contributed by atoms with Gasteiger partial charge in [0.1, 0.15) is 10.6 Å². The lowest BCUT2D eigenvalue weighted by molar-refractivity contribution is 0.168. The molecule has 1 aliphatic rings. The van der Waals surface area contributed by atoms with Gasteiger partial charge in [0.05, 0.1) is 13.7 Å². The number of sulfonamides is 1. The van der Waals surface area contributed by atoms with E-state index >= 15 is 0 Å². The van der Waals surface area contributed by atoms with Gasteiger partial charge in [0, 0.05) is 18.8 Å². The Bertz CT molecular complexity index is 654. The molecule has 7 nitrogen and oxygen atoms in total. The smallest absolute Gasteiger partial charge is 0.411 e. The number of hydrogen-bond acceptors (Lipinski definition) is 5. The first-order valence-electron chi connectivity index (χ1n) is 7.61. The van der Waals surface area contributed by atoms with Crippen LogP contribution >= 0.6 is 0 Å². The third kappa shape index (κ3) is 4.14. The molecule has 1 N–H and O–H groups in total. The Morgan fingerprint density at radius 3 is 2.57 bits per heavy atom. The van der Waals surface area contributed by atoms with Gasteiger partial charge in [-0.25, -0.2) is 13.2 Å². The Morgan fingerprint density at radius 2 is 1.96 bits per heavy atom. The van der Waals surface area contributed by atoms with Crippen LogP contribution in [0.5, 0.6) is 5.75 Å². The molecule has 1 heterocycles. The molecular weight excluding hydrogens is 320 g/mol. The van der Waals surface area contributed by atoms with E-state index in [1.54, 1.807) is 13.0 Å². The van der Waals surface area contributed by atoms with Gasteiger partial charge < -0.3 is 9.47 Å². The van der Waals surface area contributed by atoms with Crippen LogP contribution in [0.4, 0.5) is 10.5 Å². The summed E-state index contributed by atoms with van der Waals surface area (Å²) in [5, 5.41) is 2.51. The predicted octanol–water partition coefficient (Wildman–Crippen LogP) is 2.44. The van der Waals surface area contributed by atoms with Gasteiger partial charge >= 0.3 is 6.09 Å². The number of ether oxygens (including phenoxy) is 2. The molecule has 8 heteroatoms. The number of piperidine rings is 1. The highest BCUT2D eigenvalue weighted by Gasteiger charge is 2.29. The maximum absolute atomic E-state index is 12.8. The molecule has 1 amide bonds. The van der Waals surface area contributed by atoms with Crippen LogP contribution in [-0.4, -0.2) is 45.6 Å². The quantitative estimate of drug-likeness (QED) is 0.888. The number of methoxy groups -OCH3 is 1. The first-order valence-corrected chi connectivity index (χ1v) is 9.05. The van der Waals surface area contributed by atoms with E-state index in [9.17, 15) is 13.2 Å². The molecule has 0 atom stereocenters. The minimum Gasteiger partial charge on any atom is -0.495 e. The lowest BCUT2D eigenvalue weighted by atomic mass is 10.2. The van der Waals surface area contributed by atoms with Crippen molar-refractivity contribution in [2.24, 2.45) is 0 Å². The fourth-order valence-corrected chi connectivity index (χ4v) is 4.18. The summed E-state index contributed by atoms with van der Waals surface area (Å²) in [5.74, 6) is 0.255. The number of rotatable bonds is 5. The molecule has 2 rings (SSSR count). The number of nitrogens with zero attached hydrogens (tertiary/aromatic N) is 1. The lowest BCUT2D eigenvalue weighted by Crippen LogP contribution is -2.35. The van der Waals surface area contributed by atoms with E-state index in [1.165, 1.54) is 23.5 Å². The fourth-order valence-electron chi connectivity index (χ4n) is 2.49. The number of carbonyl (C=O) groups excluding carboxylic acids is 1. The number of benzene rings is 1. The van der Waals surface area contributed by atoms with Crippen LogP contribution in [0.1, 0.15) is 26.2 Å². The second-order valence-electron chi connectivity index (χ2n) is 5.18. The number of nitrogens with one attached hydrogen (secondary N) is 1. The van der Waals surface area contributed by atoms with Crippen molar-refractivity contribution in [3.63, 3.8) is 0 Å². The van der Waals surface area contributed by atoms with Crippen molar-refractivity contribution < 1.29 is 22.7 Å². The molecule has 0 saturated carbocycles. The molecule has 0 aromatic heterocycles. The summed E-state index contributed by atoms with van der Waals surface area (Å²) in [6.45, 7) is 2.93. The zero-order chi connectivity index (χ0) is 16.9. The molecule has 0 aliphatic carbocycles. The third-order valence-electron chi connectivity index (χ3n) is 3.62. The summed E-state index contributed by atoms with van der Waals surface area (Å²) < 4.78 is 37.1. The first kappa shape index (κ1) is 17.6. The number of anilines is 1. The van der Waals surface area contributed by atoms with Crippen molar-refractivity contribution in [1.82, 2.24) is 4.31 Å². The molecular formula is C15H22N2O5S. The van der Waals surface area contributed by atoms with E-state index in [0.717, 1.165) is 19.3 Å². The Hall–Kier alpha value is -1.80. The molecule has 23 heavy (non-hydrogen) atoms. The fraction of sp³-hybridized carbons (Fsp3) is 0.533. The van der Waals surface area contributed by atoms with E-state index in [0.29, 0.717) is 18.8 Å². The summed E-state index contributed by atoms with van der Waals surface area (Å²) in [6, 6.07) is 4.50. The highest BCUT2D eigenvalue weighted by atomic mass is 32.2. The van der Waals surface area contributed by atoms with Gasteiger partial charge in [-0.3, -0.25) is 5.32 Å². The molecule has 1 aromatic carbocycles. The van der Waals surface area contributed by atoms with Gasteiger partial charge in [-0.1, -0.05) is 6.42 Å². The summed E-state index contributed by atoms with van der Waals surface area (Å²) in [4.78, 5) is 11.6. The minimum atomic E-state index is -3.66. The van der Waals surface area contributed by atoms with Crippen LogP contribution in [0, 0.1) is 0 Å². The van der Waals surface area contributed by atoms with Crippen LogP contribution < -0.4 is 10.1 Å². The summed E-state index contributed by atoms with van der Waals surface area (Å²) in [5.41, 5.74) is 0.347. The maximum Gasteiger partial charge on any atom is 0.411 e. The van der Waals surface area contributed by atoms with E-state index in [2.05, 4.69) is 5.32 Å². The van der Waals surface area contributed by atoms with Gasteiger partial charge in [-0.2, -0.15) is 4.31 Å². The van der Waals surface area contributed by atoms with Crippen molar-refractivity contribution in [2.45, 2.75) is 31.1 Å². The average molecular weight is 342 g/mol. The Morgan fingerprint density at radius 1 is 1.26 bits per heavy atom. The van der Waals surface area contributed by atoms with E-state index in [4.69, 9.17) is 9.47 Å². The van der Waals surface area contributed by atoms with Crippen molar-refractivity contribution in [2.75, 3.05) is 32.1 Å². The van der Waals surface area contributed by atoms with E-state index < -0.39 is 16.1 Å². The standard InChI is InChI=1S/C15H22N2O5S/c1-3-22-15(18)16-12-7-8-13(21-2)14(11-12)23(19,20)17-9-5-4-6-10-17/h7-8,11H,3-6,9-10H2,1-2H3,(H,16,18). The van der Waals surface area contributed by atoms with Gasteiger partial charge in [0.2, 0.25) is 10.0 Å². The Kier molecular flexibility index (Phi) is 5.84. The number of hydrogen-bond donors (Lipinski definition) is 1. The summed E-state index contributed by atoms with van der Waals surface area (Å²) in [6.07, 6.45) is 2.11. The van der Waals surface area contributed by atoms with Crippen LogP contribution in [0.3, 0.4) is 0 Å². The van der Waals surface area contributed by atoms with Gasteiger partial charge in [0.15, 0.2) is 0 Å². The maximum atomic E-state index is 12.8. The molecule has 0 unspecified atom stereocenters. The highest BCUT2D eigenvalue weighted by Crippen LogP contribution is 2.31. The predicted molar refractivity (Wildman–Crippen MR) is 86.2 cm³/mol. The molecule has 1 aromatic rings. The Labute approximate surface area is 136 Å². The molecule has 128 valence electrons. The molecule has 1 aliphatic heterocycles. The largest absolute Gasteiger partial charge is 0.495 e. The van der Waals surface area contributed by atoms with Crippen molar-refractivity contribution in [1.29, 1.82) is 0 Å². The van der Waals surface area contributed by atoms with Gasteiger partial charge in [0.25, 0.3) is 0 Å². The zero-order valence-corrected chi connectivity index (χ0v) is 14.2. The van der Waals surface area contributed by atoms with Crippen molar-refractivity contribution in [3.05, 3.63) is 18.2 Å². The molecule has 0 spiro atoms. The van der Waals surface area contributed by atoms with Gasteiger partial charge in [-0.15, -0.1) is 0 Å². The topological polar surface area (TPSA) is 84.9 Å².